The molecule has 0 fully saturated rings. The zero-order chi connectivity index (χ0) is 21.6. The molecule has 0 radical (unpaired) electrons. The average molecular weight is 414 g/mol. The first-order valence-corrected chi connectivity index (χ1v) is 9.87. The zero-order valence-electron chi connectivity index (χ0n) is 17.1. The van der Waals surface area contributed by atoms with Crippen LogP contribution in [0, 0.1) is 0 Å². The van der Waals surface area contributed by atoms with Crippen molar-refractivity contribution in [2.75, 3.05) is 18.6 Å². The summed E-state index contributed by atoms with van der Waals surface area (Å²) in [5.74, 6) is 1.05. The highest BCUT2D eigenvalue weighted by Crippen LogP contribution is 2.21. The SMILES string of the molecule is COc1ccc2[nH]c(=O)c(CN(C(=O)COc3ccccc3)c3ccccc3)cc2c1. The van der Waals surface area contributed by atoms with Crippen LogP contribution in [-0.2, 0) is 11.3 Å². The molecule has 4 aromatic rings. The number of amides is 1. The number of carbonyl (C=O) groups excluding carboxylic acids is 1. The summed E-state index contributed by atoms with van der Waals surface area (Å²) < 4.78 is 10.9. The molecular weight excluding hydrogens is 392 g/mol. The number of fused-ring (bicyclic) bond motifs is 1. The third kappa shape index (κ3) is 4.75. The van der Waals surface area contributed by atoms with E-state index in [1.807, 2.05) is 54.6 Å². The number of benzene rings is 3. The lowest BCUT2D eigenvalue weighted by Crippen LogP contribution is -2.36. The summed E-state index contributed by atoms with van der Waals surface area (Å²) in [6.45, 7) is -0.0261. The molecule has 0 aliphatic carbocycles. The van der Waals surface area contributed by atoms with E-state index >= 15 is 0 Å². The lowest BCUT2D eigenvalue weighted by atomic mass is 10.1. The molecular formula is C25H22N2O4. The topological polar surface area (TPSA) is 71.6 Å². The van der Waals surface area contributed by atoms with Gasteiger partial charge in [0, 0.05) is 22.2 Å². The molecule has 1 N–H and O–H groups in total. The van der Waals surface area contributed by atoms with Crippen molar-refractivity contribution in [3.63, 3.8) is 0 Å². The van der Waals surface area contributed by atoms with Gasteiger partial charge in [-0.2, -0.15) is 0 Å². The number of nitrogens with zero attached hydrogens (tertiary/aromatic N) is 1. The number of aromatic amines is 1. The predicted molar refractivity (Wildman–Crippen MR) is 121 cm³/mol. The van der Waals surface area contributed by atoms with Gasteiger partial charge in [-0.15, -0.1) is 0 Å². The van der Waals surface area contributed by atoms with Gasteiger partial charge < -0.3 is 19.4 Å². The Morgan fingerprint density at radius 2 is 1.61 bits per heavy atom. The fraction of sp³-hybridized carbons (Fsp3) is 0.120. The first-order valence-electron chi connectivity index (χ1n) is 9.87. The summed E-state index contributed by atoms with van der Waals surface area (Å²) in [7, 11) is 1.59. The number of carbonyl (C=O) groups is 1. The first-order chi connectivity index (χ1) is 15.1. The molecule has 6 nitrogen and oxygen atoms in total. The molecule has 0 saturated heterocycles. The van der Waals surface area contributed by atoms with Crippen molar-refractivity contribution >= 4 is 22.5 Å². The van der Waals surface area contributed by atoms with Crippen molar-refractivity contribution in [2.24, 2.45) is 0 Å². The van der Waals surface area contributed by atoms with Crippen LogP contribution in [0.3, 0.4) is 0 Å². The highest BCUT2D eigenvalue weighted by molar-refractivity contribution is 5.94. The van der Waals surface area contributed by atoms with Crippen molar-refractivity contribution in [2.45, 2.75) is 6.54 Å². The highest BCUT2D eigenvalue weighted by atomic mass is 16.5. The Morgan fingerprint density at radius 1 is 0.903 bits per heavy atom. The van der Waals surface area contributed by atoms with E-state index in [4.69, 9.17) is 9.47 Å². The summed E-state index contributed by atoms with van der Waals surface area (Å²) in [5, 5.41) is 0.829. The average Bonchev–Trinajstić information content (AvgIpc) is 2.82. The molecule has 1 aromatic heterocycles. The molecule has 0 spiro atoms. The van der Waals surface area contributed by atoms with Gasteiger partial charge >= 0.3 is 0 Å². The number of nitrogens with one attached hydrogen (secondary N) is 1. The second-order valence-corrected chi connectivity index (χ2v) is 6.99. The van der Waals surface area contributed by atoms with Crippen LogP contribution in [0.1, 0.15) is 5.56 Å². The van der Waals surface area contributed by atoms with Crippen LogP contribution in [0.15, 0.2) is 89.7 Å². The summed E-state index contributed by atoms with van der Waals surface area (Å²) in [5.41, 5.74) is 1.63. The van der Waals surface area contributed by atoms with E-state index in [1.54, 1.807) is 42.3 Å². The van der Waals surface area contributed by atoms with E-state index in [0.29, 0.717) is 28.3 Å². The Morgan fingerprint density at radius 3 is 2.32 bits per heavy atom. The number of hydrogen-bond acceptors (Lipinski definition) is 4. The van der Waals surface area contributed by atoms with Crippen molar-refractivity contribution in [1.29, 1.82) is 0 Å². The minimum Gasteiger partial charge on any atom is -0.497 e. The molecule has 0 unspecified atom stereocenters. The Labute approximate surface area is 179 Å². The molecule has 1 amide bonds. The van der Waals surface area contributed by atoms with E-state index in [-0.39, 0.29) is 24.6 Å². The van der Waals surface area contributed by atoms with Crippen LogP contribution >= 0.6 is 0 Å². The van der Waals surface area contributed by atoms with Gasteiger partial charge in [-0.05, 0) is 48.5 Å². The van der Waals surface area contributed by atoms with E-state index in [1.165, 1.54) is 0 Å². The van der Waals surface area contributed by atoms with Gasteiger partial charge in [-0.1, -0.05) is 36.4 Å². The number of hydrogen-bond donors (Lipinski definition) is 1. The van der Waals surface area contributed by atoms with Gasteiger partial charge in [-0.3, -0.25) is 9.59 Å². The smallest absolute Gasteiger partial charge is 0.265 e. The molecule has 31 heavy (non-hydrogen) atoms. The van der Waals surface area contributed by atoms with Crippen LogP contribution in [0.5, 0.6) is 11.5 Å². The van der Waals surface area contributed by atoms with E-state index in [2.05, 4.69) is 4.98 Å². The number of pyridine rings is 1. The molecule has 0 bridgehead atoms. The molecule has 156 valence electrons. The van der Waals surface area contributed by atoms with Crippen molar-refractivity contribution in [1.82, 2.24) is 4.98 Å². The maximum Gasteiger partial charge on any atom is 0.265 e. The van der Waals surface area contributed by atoms with Gasteiger partial charge in [0.25, 0.3) is 11.5 Å². The maximum atomic E-state index is 13.1. The number of rotatable bonds is 7. The van der Waals surface area contributed by atoms with E-state index in [9.17, 15) is 9.59 Å². The molecule has 1 heterocycles. The standard InChI is InChI=1S/C25H22N2O4/c1-30-22-12-13-23-18(15-22)14-19(25(29)26-23)16-27(20-8-4-2-5-9-20)24(28)17-31-21-10-6-3-7-11-21/h2-15H,16-17H2,1H3,(H,26,29). The molecule has 0 aliphatic heterocycles. The molecule has 6 heteroatoms. The monoisotopic (exact) mass is 414 g/mol. The van der Waals surface area contributed by atoms with Gasteiger partial charge in [0.15, 0.2) is 6.61 Å². The first kappa shape index (κ1) is 20.2. The van der Waals surface area contributed by atoms with Crippen LogP contribution < -0.4 is 19.9 Å². The lowest BCUT2D eigenvalue weighted by Gasteiger charge is -2.23. The third-order valence-electron chi connectivity index (χ3n) is 4.93. The zero-order valence-corrected chi connectivity index (χ0v) is 17.1. The second kappa shape index (κ2) is 9.17. The fourth-order valence-electron chi connectivity index (χ4n) is 3.32. The number of ether oxygens (including phenoxy) is 2. The number of H-pyrrole nitrogens is 1. The van der Waals surface area contributed by atoms with Gasteiger partial charge in [0.05, 0.1) is 13.7 Å². The second-order valence-electron chi connectivity index (χ2n) is 6.99. The summed E-state index contributed by atoms with van der Waals surface area (Å²) >= 11 is 0. The maximum absolute atomic E-state index is 13.1. The Balaban J connectivity index is 1.64. The van der Waals surface area contributed by atoms with Crippen LogP contribution in [0.2, 0.25) is 0 Å². The normalized spacial score (nSPS) is 10.6. The lowest BCUT2D eigenvalue weighted by molar-refractivity contribution is -0.120. The number of methoxy groups -OCH3 is 1. The van der Waals surface area contributed by atoms with Gasteiger partial charge in [0.2, 0.25) is 0 Å². The van der Waals surface area contributed by atoms with Crippen molar-refractivity contribution < 1.29 is 14.3 Å². The van der Waals surface area contributed by atoms with Gasteiger partial charge in [-0.25, -0.2) is 0 Å². The number of para-hydroxylation sites is 2. The highest BCUT2D eigenvalue weighted by Gasteiger charge is 2.19. The van der Waals surface area contributed by atoms with E-state index in [0.717, 1.165) is 5.39 Å². The fourth-order valence-corrected chi connectivity index (χ4v) is 3.32. The summed E-state index contributed by atoms with van der Waals surface area (Å²) in [6.07, 6.45) is 0. The Hall–Kier alpha value is -4.06. The number of anilines is 1. The van der Waals surface area contributed by atoms with Crippen molar-refractivity contribution in [3.05, 3.63) is 101 Å². The third-order valence-corrected chi connectivity index (χ3v) is 4.93. The Kier molecular flexibility index (Phi) is 5.98. The largest absolute Gasteiger partial charge is 0.497 e. The quantitative estimate of drug-likeness (QED) is 0.493. The minimum atomic E-state index is -0.250. The van der Waals surface area contributed by atoms with E-state index < -0.39 is 0 Å². The molecule has 4 rings (SSSR count). The molecule has 0 saturated carbocycles. The van der Waals surface area contributed by atoms with Crippen LogP contribution in [0.4, 0.5) is 5.69 Å². The summed E-state index contributed by atoms with van der Waals surface area (Å²) in [4.78, 5) is 30.2. The van der Waals surface area contributed by atoms with Crippen molar-refractivity contribution in [3.8, 4) is 11.5 Å². The number of aromatic nitrogens is 1. The predicted octanol–water partition coefficient (Wildman–Crippen LogP) is 4.15. The van der Waals surface area contributed by atoms with Crippen LogP contribution in [0.25, 0.3) is 10.9 Å². The Bertz CT molecular complexity index is 1240. The van der Waals surface area contributed by atoms with Gasteiger partial charge in [0.1, 0.15) is 11.5 Å². The minimum absolute atomic E-state index is 0.115. The summed E-state index contributed by atoms with van der Waals surface area (Å²) in [6, 6.07) is 25.6. The molecule has 0 aliphatic rings. The molecule has 0 atom stereocenters. The molecule has 3 aromatic carbocycles. The van der Waals surface area contributed by atoms with Crippen LogP contribution in [-0.4, -0.2) is 24.6 Å².